The number of rotatable bonds is 2. The molecule has 16 heavy (non-hydrogen) atoms. The Morgan fingerprint density at radius 2 is 2.25 bits per heavy atom. The van der Waals surface area contributed by atoms with Crippen LogP contribution in [0, 0.1) is 0 Å². The molecule has 0 aromatic carbocycles. The van der Waals surface area contributed by atoms with Gasteiger partial charge in [-0.25, -0.2) is 4.98 Å². The highest BCUT2D eigenvalue weighted by Gasteiger charge is 2.11. The van der Waals surface area contributed by atoms with Gasteiger partial charge in [-0.3, -0.25) is 9.20 Å². The first-order chi connectivity index (χ1) is 7.90. The Hall–Kier alpha value is -2.36. The zero-order valence-corrected chi connectivity index (χ0v) is 8.42. The number of nitrogens with zero attached hydrogens (tertiary/aromatic N) is 2. The minimum atomic E-state index is 0.469. The van der Waals surface area contributed by atoms with Crippen LogP contribution in [-0.4, -0.2) is 20.7 Å². The van der Waals surface area contributed by atoms with Crippen molar-refractivity contribution in [3.8, 4) is 11.4 Å². The van der Waals surface area contributed by atoms with Gasteiger partial charge in [-0.2, -0.15) is 0 Å². The van der Waals surface area contributed by atoms with Crippen molar-refractivity contribution in [1.82, 2.24) is 14.4 Å². The van der Waals surface area contributed by atoms with Crippen molar-refractivity contribution in [2.24, 2.45) is 0 Å². The summed E-state index contributed by atoms with van der Waals surface area (Å²) in [5, 5.41) is 0. The number of carbonyl (C=O) groups excluding carboxylic acids is 1. The minimum absolute atomic E-state index is 0.469. The quantitative estimate of drug-likeness (QED) is 0.660. The van der Waals surface area contributed by atoms with Crippen LogP contribution in [0.4, 0.5) is 0 Å². The van der Waals surface area contributed by atoms with Crippen LogP contribution >= 0.6 is 0 Å². The van der Waals surface area contributed by atoms with Crippen LogP contribution in [-0.2, 0) is 0 Å². The predicted octanol–water partition coefficient (Wildman–Crippen LogP) is 2.14. The van der Waals surface area contributed by atoms with Crippen molar-refractivity contribution in [3.05, 3.63) is 48.5 Å². The van der Waals surface area contributed by atoms with Crippen molar-refractivity contribution in [2.75, 3.05) is 0 Å². The average molecular weight is 211 g/mol. The zero-order chi connectivity index (χ0) is 11.0. The van der Waals surface area contributed by atoms with Gasteiger partial charge in [0.2, 0.25) is 0 Å². The molecule has 0 spiro atoms. The maximum atomic E-state index is 10.9. The molecule has 0 saturated carbocycles. The van der Waals surface area contributed by atoms with Gasteiger partial charge in [0.25, 0.3) is 0 Å². The first-order valence-electron chi connectivity index (χ1n) is 4.95. The van der Waals surface area contributed by atoms with E-state index in [9.17, 15) is 4.79 Å². The molecule has 0 unspecified atom stereocenters. The van der Waals surface area contributed by atoms with Gasteiger partial charge in [-0.05, 0) is 18.2 Å². The van der Waals surface area contributed by atoms with E-state index in [1.165, 1.54) is 0 Å². The number of aromatic amines is 1. The molecule has 3 aromatic heterocycles. The van der Waals surface area contributed by atoms with E-state index in [2.05, 4.69) is 9.97 Å². The van der Waals surface area contributed by atoms with Crippen LogP contribution in [0.3, 0.4) is 0 Å². The summed E-state index contributed by atoms with van der Waals surface area (Å²) in [6.07, 6.45) is 6.37. The van der Waals surface area contributed by atoms with Gasteiger partial charge in [0, 0.05) is 24.2 Å². The third kappa shape index (κ3) is 1.16. The maximum Gasteiger partial charge on any atom is 0.170 e. The summed E-state index contributed by atoms with van der Waals surface area (Å²) < 4.78 is 1.91. The lowest BCUT2D eigenvalue weighted by Crippen LogP contribution is -1.86. The first kappa shape index (κ1) is 8.91. The number of H-pyrrole nitrogens is 1. The number of imidazole rings is 1. The number of aldehydes is 1. The van der Waals surface area contributed by atoms with E-state index in [0.717, 1.165) is 23.2 Å². The Morgan fingerprint density at radius 3 is 3.00 bits per heavy atom. The van der Waals surface area contributed by atoms with E-state index in [1.807, 2.05) is 47.3 Å². The van der Waals surface area contributed by atoms with Crippen LogP contribution in [0.5, 0.6) is 0 Å². The normalized spacial score (nSPS) is 10.8. The van der Waals surface area contributed by atoms with Gasteiger partial charge in [0.1, 0.15) is 11.5 Å². The Balaban J connectivity index is 2.37. The molecule has 3 rings (SSSR count). The Bertz CT molecular complexity index is 637. The fraction of sp³-hybridized carbons (Fsp3) is 0. The molecule has 0 saturated heterocycles. The second-order valence-corrected chi connectivity index (χ2v) is 3.49. The Labute approximate surface area is 91.6 Å². The monoisotopic (exact) mass is 211 g/mol. The summed E-state index contributed by atoms with van der Waals surface area (Å²) in [5.41, 5.74) is 2.26. The minimum Gasteiger partial charge on any atom is -0.367 e. The fourth-order valence-electron chi connectivity index (χ4n) is 1.82. The van der Waals surface area contributed by atoms with Crippen molar-refractivity contribution < 1.29 is 4.79 Å². The number of carbonyl (C=O) groups is 1. The molecule has 0 aliphatic heterocycles. The lowest BCUT2D eigenvalue weighted by atomic mass is 10.3. The van der Waals surface area contributed by atoms with Gasteiger partial charge in [0.15, 0.2) is 6.29 Å². The van der Waals surface area contributed by atoms with Gasteiger partial charge in [-0.15, -0.1) is 0 Å². The van der Waals surface area contributed by atoms with Gasteiger partial charge in [0.05, 0.1) is 5.52 Å². The van der Waals surface area contributed by atoms with Crippen molar-refractivity contribution >= 4 is 11.8 Å². The molecule has 78 valence electrons. The molecule has 0 amide bonds. The summed E-state index contributed by atoms with van der Waals surface area (Å²) in [4.78, 5) is 18.2. The molecule has 0 radical (unpaired) electrons. The summed E-state index contributed by atoms with van der Waals surface area (Å²) in [5.74, 6) is 0.777. The molecule has 1 N–H and O–H groups in total. The number of pyridine rings is 1. The third-order valence-electron chi connectivity index (χ3n) is 2.54. The molecule has 0 aliphatic rings. The van der Waals surface area contributed by atoms with E-state index in [1.54, 1.807) is 0 Å². The largest absolute Gasteiger partial charge is 0.367 e. The van der Waals surface area contributed by atoms with E-state index in [4.69, 9.17) is 0 Å². The van der Waals surface area contributed by atoms with Gasteiger partial charge < -0.3 is 4.98 Å². The molecule has 0 bridgehead atoms. The first-order valence-corrected chi connectivity index (χ1v) is 4.95. The molecule has 0 atom stereocenters. The Kier molecular flexibility index (Phi) is 1.86. The SMILES string of the molecule is O=Cc1nc(-c2cc[nH]c2)n2ccccc12. The average Bonchev–Trinajstić information content (AvgIpc) is 2.95. The molecule has 4 heteroatoms. The van der Waals surface area contributed by atoms with Crippen LogP contribution in [0.15, 0.2) is 42.9 Å². The number of hydrogen-bond donors (Lipinski definition) is 1. The number of aromatic nitrogens is 3. The summed E-state index contributed by atoms with van der Waals surface area (Å²) in [6.45, 7) is 0. The third-order valence-corrected chi connectivity index (χ3v) is 2.54. The van der Waals surface area contributed by atoms with Crippen LogP contribution in [0.25, 0.3) is 16.9 Å². The fourth-order valence-corrected chi connectivity index (χ4v) is 1.82. The van der Waals surface area contributed by atoms with Crippen LogP contribution < -0.4 is 0 Å². The van der Waals surface area contributed by atoms with Crippen LogP contribution in [0.2, 0.25) is 0 Å². The molecular weight excluding hydrogens is 202 g/mol. The van der Waals surface area contributed by atoms with Crippen molar-refractivity contribution in [2.45, 2.75) is 0 Å². The smallest absolute Gasteiger partial charge is 0.170 e. The lowest BCUT2D eigenvalue weighted by molar-refractivity contribution is 0.112. The highest BCUT2D eigenvalue weighted by molar-refractivity contribution is 5.85. The molecule has 0 aliphatic carbocycles. The van der Waals surface area contributed by atoms with Crippen molar-refractivity contribution in [1.29, 1.82) is 0 Å². The molecular formula is C12H9N3O. The van der Waals surface area contributed by atoms with E-state index < -0.39 is 0 Å². The van der Waals surface area contributed by atoms with Crippen molar-refractivity contribution in [3.63, 3.8) is 0 Å². The number of hydrogen-bond acceptors (Lipinski definition) is 2. The summed E-state index contributed by atoms with van der Waals surface area (Å²) >= 11 is 0. The summed E-state index contributed by atoms with van der Waals surface area (Å²) in [6, 6.07) is 7.62. The van der Waals surface area contributed by atoms with E-state index >= 15 is 0 Å². The van der Waals surface area contributed by atoms with Gasteiger partial charge in [-0.1, -0.05) is 6.07 Å². The number of nitrogens with one attached hydrogen (secondary N) is 1. The molecule has 3 aromatic rings. The van der Waals surface area contributed by atoms with E-state index in [-0.39, 0.29) is 0 Å². The highest BCUT2D eigenvalue weighted by Crippen LogP contribution is 2.21. The topological polar surface area (TPSA) is 50.2 Å². The molecule has 4 nitrogen and oxygen atoms in total. The van der Waals surface area contributed by atoms with Gasteiger partial charge >= 0.3 is 0 Å². The predicted molar refractivity (Wildman–Crippen MR) is 60.4 cm³/mol. The molecule has 3 heterocycles. The second-order valence-electron chi connectivity index (χ2n) is 3.49. The van der Waals surface area contributed by atoms with Crippen LogP contribution in [0.1, 0.15) is 10.5 Å². The zero-order valence-electron chi connectivity index (χ0n) is 8.42. The van der Waals surface area contributed by atoms with E-state index in [0.29, 0.717) is 5.69 Å². The lowest BCUT2D eigenvalue weighted by Gasteiger charge is -1.96. The summed E-state index contributed by atoms with van der Waals surface area (Å²) in [7, 11) is 0. The second kappa shape index (κ2) is 3.34. The number of fused-ring (bicyclic) bond motifs is 1. The Morgan fingerprint density at radius 1 is 1.31 bits per heavy atom. The standard InChI is InChI=1S/C12H9N3O/c16-8-10-11-3-1-2-6-15(11)12(14-10)9-4-5-13-7-9/h1-8,13H. The molecule has 0 fully saturated rings. The maximum absolute atomic E-state index is 10.9. The highest BCUT2D eigenvalue weighted by atomic mass is 16.1.